The number of Topliss-reactive ketones (excluding diaryl/α,β-unsaturated/α-hetero) is 1. The summed E-state index contributed by atoms with van der Waals surface area (Å²) in [4.78, 5) is 12.7. The largest absolute Gasteiger partial charge is 0.593 e. The Bertz CT molecular complexity index is 906. The maximum absolute atomic E-state index is 12.7. The van der Waals surface area contributed by atoms with Crippen LogP contribution in [0.3, 0.4) is 0 Å². The summed E-state index contributed by atoms with van der Waals surface area (Å²) in [6, 6.07) is 20.9. The second kappa shape index (κ2) is 11.2. The van der Waals surface area contributed by atoms with Crippen molar-refractivity contribution >= 4 is 5.78 Å². The molecule has 1 heterocycles. The number of furan rings is 1. The first-order chi connectivity index (χ1) is 14.2. The van der Waals surface area contributed by atoms with E-state index in [0.717, 1.165) is 35.3 Å². The van der Waals surface area contributed by atoms with Gasteiger partial charge in [-0.15, -0.1) is 6.07 Å². The molecule has 1 aliphatic carbocycles. The van der Waals surface area contributed by atoms with Gasteiger partial charge in [-0.3, -0.25) is 4.79 Å². The van der Waals surface area contributed by atoms with Crippen molar-refractivity contribution in [3.8, 4) is 0 Å². The van der Waals surface area contributed by atoms with E-state index >= 15 is 0 Å². The minimum absolute atomic E-state index is 0. The van der Waals surface area contributed by atoms with Gasteiger partial charge in [0.15, 0.2) is 0 Å². The summed E-state index contributed by atoms with van der Waals surface area (Å²) in [5, 5.41) is 10.6. The van der Waals surface area contributed by atoms with Crippen LogP contribution >= 0.6 is 0 Å². The first kappa shape index (κ1) is 23.1. The number of benzene rings is 2. The summed E-state index contributed by atoms with van der Waals surface area (Å²) in [5.74, 6) is 1.00. The minimum atomic E-state index is -0.670. The van der Waals surface area contributed by atoms with Crippen LogP contribution < -0.4 is 0 Å². The van der Waals surface area contributed by atoms with Crippen molar-refractivity contribution in [3.63, 3.8) is 0 Å². The zero-order chi connectivity index (χ0) is 20.1. The van der Waals surface area contributed by atoms with Crippen LogP contribution in [0.2, 0.25) is 0 Å². The third kappa shape index (κ3) is 5.56. The standard InChI is InChI=1S/C25H25O4.Y/c26-23-10-4-8-21(16-28-17-22-9-5-15-29-22)24(23)18-11-13-20(14-12-18)25(27)19-6-2-1-3-7-19;/h1-3,5-7,9,11-14,21,24-25,27H,4,8,10,16-17H2;/q-1;. The Kier molecular flexibility index (Phi) is 8.58. The quantitative estimate of drug-likeness (QED) is 0.495. The van der Waals surface area contributed by atoms with E-state index < -0.39 is 6.10 Å². The van der Waals surface area contributed by atoms with Crippen molar-refractivity contribution in [3.05, 3.63) is 95.4 Å². The molecule has 30 heavy (non-hydrogen) atoms. The first-order valence-corrected chi connectivity index (χ1v) is 10.1. The molecule has 5 heteroatoms. The van der Waals surface area contributed by atoms with E-state index in [0.29, 0.717) is 19.6 Å². The van der Waals surface area contributed by atoms with Gasteiger partial charge in [-0.05, 0) is 47.5 Å². The fourth-order valence-corrected chi connectivity index (χ4v) is 4.13. The fraction of sp³-hybridized carbons (Fsp3) is 0.320. The van der Waals surface area contributed by atoms with Gasteiger partial charge in [0.2, 0.25) is 0 Å². The van der Waals surface area contributed by atoms with Gasteiger partial charge in [-0.2, -0.15) is 6.07 Å². The van der Waals surface area contributed by atoms with Gasteiger partial charge >= 0.3 is 0 Å². The molecule has 1 aromatic heterocycles. The van der Waals surface area contributed by atoms with E-state index in [1.54, 1.807) is 6.07 Å². The predicted octanol–water partition coefficient (Wildman–Crippen LogP) is 4.83. The second-order valence-corrected chi connectivity index (χ2v) is 7.61. The van der Waals surface area contributed by atoms with Crippen molar-refractivity contribution in [2.24, 2.45) is 5.92 Å². The van der Waals surface area contributed by atoms with Gasteiger partial charge in [0.05, 0.1) is 0 Å². The van der Waals surface area contributed by atoms with E-state index in [1.165, 1.54) is 0 Å². The Morgan fingerprint density at radius 2 is 1.80 bits per heavy atom. The first-order valence-electron chi connectivity index (χ1n) is 10.1. The molecule has 3 aromatic rings. The Morgan fingerprint density at radius 1 is 1.07 bits per heavy atom. The number of aliphatic hydroxyl groups excluding tert-OH is 1. The molecule has 2 aromatic carbocycles. The molecule has 153 valence electrons. The molecular formula is C25H25O4Y-. The van der Waals surface area contributed by atoms with Crippen LogP contribution in [0.25, 0.3) is 0 Å². The number of carbonyl (C=O) groups excluding carboxylic acids is 1. The predicted molar refractivity (Wildman–Crippen MR) is 109 cm³/mol. The molecule has 1 radical (unpaired) electrons. The number of hydrogen-bond donors (Lipinski definition) is 1. The van der Waals surface area contributed by atoms with Crippen LogP contribution in [0.4, 0.5) is 0 Å². The van der Waals surface area contributed by atoms with Crippen molar-refractivity contribution < 1.29 is 51.8 Å². The molecule has 0 saturated heterocycles. The number of rotatable bonds is 7. The van der Waals surface area contributed by atoms with E-state index in [9.17, 15) is 9.90 Å². The summed E-state index contributed by atoms with van der Waals surface area (Å²) in [6.45, 7) is 0.911. The molecule has 1 N–H and O–H groups in total. The number of ketones is 1. The SMILES string of the molecule is O=C1CCCC(COCc2cc[c-]o2)C1c1ccc(C(O)c2ccccc2)cc1.[Y]. The second-order valence-electron chi connectivity index (χ2n) is 7.61. The smallest absolute Gasteiger partial charge is 0.140 e. The van der Waals surface area contributed by atoms with Crippen LogP contribution in [0.15, 0.2) is 71.1 Å². The number of carbonyl (C=O) groups is 1. The average Bonchev–Trinajstić information content (AvgIpc) is 3.28. The van der Waals surface area contributed by atoms with E-state index in [1.807, 2.05) is 60.7 Å². The van der Waals surface area contributed by atoms with E-state index in [4.69, 9.17) is 9.15 Å². The molecular weight excluding hydrogens is 453 g/mol. The topological polar surface area (TPSA) is 59.7 Å². The molecule has 3 atom stereocenters. The van der Waals surface area contributed by atoms with Crippen LogP contribution in [0, 0.1) is 12.2 Å². The zero-order valence-electron chi connectivity index (χ0n) is 16.9. The Labute approximate surface area is 202 Å². The van der Waals surface area contributed by atoms with Crippen LogP contribution in [0.1, 0.15) is 53.7 Å². The average molecular weight is 478 g/mol. The molecule has 0 amide bonds. The molecule has 4 rings (SSSR count). The Hall–Kier alpha value is -1.59. The molecule has 1 saturated carbocycles. The molecule has 0 bridgehead atoms. The van der Waals surface area contributed by atoms with Gasteiger partial charge in [-0.1, -0.05) is 54.6 Å². The summed E-state index contributed by atoms with van der Waals surface area (Å²) in [5.41, 5.74) is 2.68. The Morgan fingerprint density at radius 3 is 2.50 bits per heavy atom. The molecule has 0 spiro atoms. The monoisotopic (exact) mass is 478 g/mol. The normalized spacial score (nSPS) is 19.8. The van der Waals surface area contributed by atoms with E-state index in [2.05, 4.69) is 6.26 Å². The number of aliphatic hydroxyl groups is 1. The van der Waals surface area contributed by atoms with Gasteiger partial charge < -0.3 is 14.3 Å². The number of hydrogen-bond acceptors (Lipinski definition) is 4. The summed E-state index contributed by atoms with van der Waals surface area (Å²) in [7, 11) is 0. The summed E-state index contributed by atoms with van der Waals surface area (Å²) in [6.07, 6.45) is 4.47. The minimum Gasteiger partial charge on any atom is -0.593 e. The third-order valence-electron chi connectivity index (χ3n) is 5.65. The fourth-order valence-electron chi connectivity index (χ4n) is 4.13. The van der Waals surface area contributed by atoms with Crippen molar-refractivity contribution in [2.75, 3.05) is 6.61 Å². The van der Waals surface area contributed by atoms with Gasteiger partial charge in [0.25, 0.3) is 0 Å². The Balaban J connectivity index is 0.00000256. The van der Waals surface area contributed by atoms with Crippen LogP contribution in [-0.4, -0.2) is 17.5 Å². The van der Waals surface area contributed by atoms with Gasteiger partial charge in [-0.25, -0.2) is 0 Å². The maximum atomic E-state index is 12.7. The van der Waals surface area contributed by atoms with Crippen LogP contribution in [-0.2, 0) is 48.8 Å². The molecule has 3 unspecified atom stereocenters. The van der Waals surface area contributed by atoms with Crippen LogP contribution in [0.5, 0.6) is 0 Å². The zero-order valence-corrected chi connectivity index (χ0v) is 19.7. The summed E-state index contributed by atoms with van der Waals surface area (Å²) < 4.78 is 11.0. The van der Waals surface area contributed by atoms with Crippen molar-refractivity contribution in [1.29, 1.82) is 0 Å². The molecule has 1 aliphatic rings. The molecule has 1 fully saturated rings. The van der Waals surface area contributed by atoms with Gasteiger partial charge in [0, 0.05) is 58.3 Å². The van der Waals surface area contributed by atoms with Gasteiger partial charge in [0.1, 0.15) is 11.9 Å². The number of ether oxygens (including phenoxy) is 1. The van der Waals surface area contributed by atoms with Crippen molar-refractivity contribution in [1.82, 2.24) is 0 Å². The maximum Gasteiger partial charge on any atom is 0.140 e. The summed E-state index contributed by atoms with van der Waals surface area (Å²) >= 11 is 0. The third-order valence-corrected chi connectivity index (χ3v) is 5.65. The molecule has 0 aliphatic heterocycles. The van der Waals surface area contributed by atoms with E-state index in [-0.39, 0.29) is 50.3 Å². The molecule has 4 nitrogen and oxygen atoms in total. The van der Waals surface area contributed by atoms with Crippen molar-refractivity contribution in [2.45, 2.75) is 37.9 Å².